The van der Waals surface area contributed by atoms with Crippen molar-refractivity contribution in [1.82, 2.24) is 4.31 Å². The van der Waals surface area contributed by atoms with Gasteiger partial charge in [-0.3, -0.25) is 0 Å². The second-order valence-electron chi connectivity index (χ2n) is 6.59. The van der Waals surface area contributed by atoms with E-state index in [1.165, 1.54) is 6.26 Å². The summed E-state index contributed by atoms with van der Waals surface area (Å²) in [5.74, 6) is 0.394. The number of rotatable bonds is 4. The molecule has 0 aliphatic carbocycles. The molecular weight excluding hydrogens is 250 g/mol. The second-order valence-corrected chi connectivity index (χ2v) is 8.57. The highest BCUT2D eigenvalue weighted by molar-refractivity contribution is 7.88. The molecule has 0 bridgehead atoms. The molecule has 4 nitrogen and oxygen atoms in total. The maximum atomic E-state index is 11.5. The lowest BCUT2D eigenvalue weighted by Gasteiger charge is -2.33. The summed E-state index contributed by atoms with van der Waals surface area (Å²) in [7, 11) is -3.05. The third-order valence-electron chi connectivity index (χ3n) is 3.80. The van der Waals surface area contributed by atoms with Gasteiger partial charge in [-0.1, -0.05) is 20.8 Å². The zero-order valence-electron chi connectivity index (χ0n) is 12.0. The number of hydrogen-bond acceptors (Lipinski definition) is 3. The molecule has 108 valence electrons. The van der Waals surface area contributed by atoms with E-state index >= 15 is 0 Å². The first-order valence-corrected chi connectivity index (χ1v) is 8.58. The van der Waals surface area contributed by atoms with Crippen LogP contribution in [0.3, 0.4) is 0 Å². The van der Waals surface area contributed by atoms with Gasteiger partial charge in [0.05, 0.1) is 12.4 Å². The van der Waals surface area contributed by atoms with E-state index in [4.69, 9.17) is 0 Å². The predicted molar refractivity (Wildman–Crippen MR) is 73.8 cm³/mol. The Balaban J connectivity index is 2.44. The van der Waals surface area contributed by atoms with Crippen molar-refractivity contribution in [2.45, 2.75) is 52.6 Å². The molecule has 2 atom stereocenters. The third-order valence-corrected chi connectivity index (χ3v) is 5.07. The molecule has 1 fully saturated rings. The molecule has 0 aromatic carbocycles. The topological polar surface area (TPSA) is 57.6 Å². The minimum Gasteiger partial charge on any atom is -0.393 e. The Hall–Kier alpha value is -0.130. The van der Waals surface area contributed by atoms with Crippen LogP contribution >= 0.6 is 0 Å². The van der Waals surface area contributed by atoms with E-state index in [-0.39, 0.29) is 11.5 Å². The smallest absolute Gasteiger partial charge is 0.211 e. The first-order chi connectivity index (χ1) is 8.10. The van der Waals surface area contributed by atoms with E-state index in [9.17, 15) is 13.5 Å². The summed E-state index contributed by atoms with van der Waals surface area (Å²) in [6, 6.07) is 0. The molecule has 5 heteroatoms. The van der Waals surface area contributed by atoms with Gasteiger partial charge in [-0.25, -0.2) is 12.7 Å². The maximum Gasteiger partial charge on any atom is 0.211 e. The van der Waals surface area contributed by atoms with Crippen molar-refractivity contribution >= 4 is 10.0 Å². The standard InChI is InChI=1S/C13H27NO3S/c1-13(2,3)12(15)8-7-11-6-5-9-14(10-11)18(4,16)17/h11-12,15H,5-10H2,1-4H3. The van der Waals surface area contributed by atoms with E-state index in [1.54, 1.807) is 4.31 Å². The summed E-state index contributed by atoms with van der Waals surface area (Å²) in [4.78, 5) is 0. The fraction of sp³-hybridized carbons (Fsp3) is 1.00. The Kier molecular flexibility index (Phi) is 5.21. The maximum absolute atomic E-state index is 11.5. The Morgan fingerprint density at radius 3 is 2.50 bits per heavy atom. The molecule has 0 radical (unpaired) electrons. The molecule has 2 unspecified atom stereocenters. The molecule has 0 aromatic rings. The first kappa shape index (κ1) is 15.9. The van der Waals surface area contributed by atoms with Gasteiger partial charge in [0.25, 0.3) is 0 Å². The third kappa shape index (κ3) is 4.86. The van der Waals surface area contributed by atoms with Crippen LogP contribution in [0.2, 0.25) is 0 Å². The fourth-order valence-corrected chi connectivity index (χ4v) is 3.33. The van der Waals surface area contributed by atoms with Gasteiger partial charge in [0.2, 0.25) is 10.0 Å². The van der Waals surface area contributed by atoms with E-state index < -0.39 is 10.0 Å². The molecule has 0 amide bonds. The zero-order valence-corrected chi connectivity index (χ0v) is 12.8. The van der Waals surface area contributed by atoms with Gasteiger partial charge in [-0.15, -0.1) is 0 Å². The van der Waals surface area contributed by atoms with Gasteiger partial charge < -0.3 is 5.11 Å². The number of aliphatic hydroxyl groups excluding tert-OH is 1. The van der Waals surface area contributed by atoms with Gasteiger partial charge >= 0.3 is 0 Å². The van der Waals surface area contributed by atoms with Gasteiger partial charge in [-0.2, -0.15) is 0 Å². The van der Waals surface area contributed by atoms with Crippen molar-refractivity contribution in [2.24, 2.45) is 11.3 Å². The highest BCUT2D eigenvalue weighted by atomic mass is 32.2. The van der Waals surface area contributed by atoms with E-state index in [0.29, 0.717) is 19.0 Å². The lowest BCUT2D eigenvalue weighted by atomic mass is 9.83. The normalized spacial score (nSPS) is 25.1. The predicted octanol–water partition coefficient (Wildman–Crippen LogP) is 1.85. The van der Waals surface area contributed by atoms with Crippen molar-refractivity contribution in [3.05, 3.63) is 0 Å². The molecule has 1 aliphatic heterocycles. The highest BCUT2D eigenvalue weighted by Gasteiger charge is 2.28. The summed E-state index contributed by atoms with van der Waals surface area (Å²) in [5.41, 5.74) is -0.0921. The largest absolute Gasteiger partial charge is 0.393 e. The zero-order chi connectivity index (χ0) is 14.0. The molecule has 1 saturated heterocycles. The molecule has 0 spiro atoms. The first-order valence-electron chi connectivity index (χ1n) is 6.74. The van der Waals surface area contributed by atoms with Crippen LogP contribution in [0.15, 0.2) is 0 Å². The van der Waals surface area contributed by atoms with Crippen LogP contribution in [-0.2, 0) is 10.0 Å². The average Bonchev–Trinajstić information content (AvgIpc) is 2.23. The fourth-order valence-electron chi connectivity index (χ4n) is 2.39. The molecule has 18 heavy (non-hydrogen) atoms. The van der Waals surface area contributed by atoms with Crippen LogP contribution in [0, 0.1) is 11.3 Å². The van der Waals surface area contributed by atoms with Gasteiger partial charge in [0.1, 0.15) is 0 Å². The number of hydrogen-bond donors (Lipinski definition) is 1. The molecule has 1 rings (SSSR count). The van der Waals surface area contributed by atoms with Crippen molar-refractivity contribution in [3.8, 4) is 0 Å². The summed E-state index contributed by atoms with van der Waals surface area (Å²) < 4.78 is 24.6. The Morgan fingerprint density at radius 2 is 2.00 bits per heavy atom. The monoisotopic (exact) mass is 277 g/mol. The Labute approximate surface area is 111 Å². The average molecular weight is 277 g/mol. The van der Waals surface area contributed by atoms with Crippen LogP contribution in [-0.4, -0.2) is 43.3 Å². The number of sulfonamides is 1. The Morgan fingerprint density at radius 1 is 1.39 bits per heavy atom. The molecule has 0 saturated carbocycles. The van der Waals surface area contributed by atoms with E-state index in [0.717, 1.165) is 25.7 Å². The van der Waals surface area contributed by atoms with Gasteiger partial charge in [-0.05, 0) is 37.0 Å². The van der Waals surface area contributed by atoms with Crippen LogP contribution < -0.4 is 0 Å². The van der Waals surface area contributed by atoms with Crippen molar-refractivity contribution in [2.75, 3.05) is 19.3 Å². The van der Waals surface area contributed by atoms with Gasteiger partial charge in [0, 0.05) is 13.1 Å². The van der Waals surface area contributed by atoms with Crippen LogP contribution in [0.5, 0.6) is 0 Å². The quantitative estimate of drug-likeness (QED) is 0.853. The van der Waals surface area contributed by atoms with Crippen LogP contribution in [0.25, 0.3) is 0 Å². The lowest BCUT2D eigenvalue weighted by molar-refractivity contribution is 0.0474. The molecular formula is C13H27NO3S. The second kappa shape index (κ2) is 5.88. The number of piperidine rings is 1. The minimum absolute atomic E-state index is 0.0921. The molecule has 1 heterocycles. The van der Waals surface area contributed by atoms with Crippen molar-refractivity contribution in [1.29, 1.82) is 0 Å². The summed E-state index contributed by atoms with van der Waals surface area (Å²) in [6.45, 7) is 7.36. The Bertz CT molecular complexity index is 359. The number of aliphatic hydroxyl groups is 1. The number of nitrogens with zero attached hydrogens (tertiary/aromatic N) is 1. The van der Waals surface area contributed by atoms with E-state index in [1.807, 2.05) is 20.8 Å². The lowest BCUT2D eigenvalue weighted by Crippen LogP contribution is -2.39. The molecule has 0 aromatic heterocycles. The van der Waals surface area contributed by atoms with Crippen molar-refractivity contribution < 1.29 is 13.5 Å². The van der Waals surface area contributed by atoms with Gasteiger partial charge in [0.15, 0.2) is 0 Å². The summed E-state index contributed by atoms with van der Waals surface area (Å²) >= 11 is 0. The summed E-state index contributed by atoms with van der Waals surface area (Å²) in [5, 5.41) is 10.0. The SMILES string of the molecule is CC(C)(C)C(O)CCC1CCCN(S(C)(=O)=O)C1. The van der Waals surface area contributed by atoms with Crippen LogP contribution in [0.4, 0.5) is 0 Å². The van der Waals surface area contributed by atoms with Crippen LogP contribution in [0.1, 0.15) is 46.5 Å². The summed E-state index contributed by atoms with van der Waals surface area (Å²) in [6.07, 6.45) is 4.63. The molecule has 1 aliphatic rings. The van der Waals surface area contributed by atoms with E-state index in [2.05, 4.69) is 0 Å². The molecule has 1 N–H and O–H groups in total. The van der Waals surface area contributed by atoms with Crippen molar-refractivity contribution in [3.63, 3.8) is 0 Å². The minimum atomic E-state index is -3.05. The highest BCUT2D eigenvalue weighted by Crippen LogP contribution is 2.28.